The van der Waals surface area contributed by atoms with E-state index in [1.165, 1.54) is 5.56 Å². The van der Waals surface area contributed by atoms with Gasteiger partial charge < -0.3 is 20.2 Å². The number of ether oxygens (including phenoxy) is 1. The Bertz CT molecular complexity index is 726. The summed E-state index contributed by atoms with van der Waals surface area (Å²) in [5, 5.41) is 3.14. The van der Waals surface area contributed by atoms with Crippen LogP contribution < -0.4 is 11.1 Å². The van der Waals surface area contributed by atoms with E-state index in [1.54, 1.807) is 6.26 Å². The molecule has 0 aliphatic carbocycles. The predicted molar refractivity (Wildman–Crippen MR) is 122 cm³/mol. The fourth-order valence-electron chi connectivity index (χ4n) is 2.94. The van der Waals surface area contributed by atoms with Crippen LogP contribution in [0.2, 0.25) is 0 Å². The minimum absolute atomic E-state index is 0. The summed E-state index contributed by atoms with van der Waals surface area (Å²) in [7, 11) is 0. The van der Waals surface area contributed by atoms with E-state index in [0.29, 0.717) is 18.4 Å². The van der Waals surface area contributed by atoms with E-state index in [-0.39, 0.29) is 24.0 Å². The van der Waals surface area contributed by atoms with Crippen molar-refractivity contribution in [2.45, 2.75) is 19.8 Å². The standard InChI is InChI=1S/C20H29N5O2.HI/c1-16-3-5-17(6-4-16)19-24-18(15-27-19)7-9-23-20(21)22-8-2-10-25-11-13-26-14-12-25;/h3-6,15H,2,7-14H2,1H3,(H3,21,22,23);1H. The number of hydrogen-bond acceptors (Lipinski definition) is 5. The molecule has 1 aromatic heterocycles. The van der Waals surface area contributed by atoms with E-state index in [4.69, 9.17) is 14.9 Å². The van der Waals surface area contributed by atoms with Crippen molar-refractivity contribution in [1.82, 2.24) is 15.2 Å². The highest BCUT2D eigenvalue weighted by molar-refractivity contribution is 14.0. The Hall–Kier alpha value is -1.65. The van der Waals surface area contributed by atoms with Crippen molar-refractivity contribution in [2.75, 3.05) is 45.9 Å². The van der Waals surface area contributed by atoms with Crippen LogP contribution in [0.5, 0.6) is 0 Å². The molecular formula is C20H30IN5O2. The van der Waals surface area contributed by atoms with Crippen LogP contribution in [-0.2, 0) is 11.2 Å². The Morgan fingerprint density at radius 2 is 2.00 bits per heavy atom. The minimum atomic E-state index is 0. The number of halogens is 1. The lowest BCUT2D eigenvalue weighted by Crippen LogP contribution is -2.37. The highest BCUT2D eigenvalue weighted by atomic mass is 127. The molecule has 1 aromatic carbocycles. The SMILES string of the molecule is Cc1ccc(-c2nc(CCNC(N)=NCCCN3CCOCC3)co2)cc1.I. The van der Waals surface area contributed by atoms with Crippen molar-refractivity contribution in [3.8, 4) is 11.5 Å². The van der Waals surface area contributed by atoms with Crippen LogP contribution in [0, 0.1) is 6.92 Å². The molecule has 1 saturated heterocycles. The molecule has 154 valence electrons. The van der Waals surface area contributed by atoms with Gasteiger partial charge in [-0.1, -0.05) is 17.7 Å². The molecule has 0 spiro atoms. The maximum absolute atomic E-state index is 5.93. The fourth-order valence-corrected chi connectivity index (χ4v) is 2.94. The van der Waals surface area contributed by atoms with E-state index < -0.39 is 0 Å². The molecule has 1 aliphatic heterocycles. The first-order chi connectivity index (χ1) is 13.2. The zero-order valence-corrected chi connectivity index (χ0v) is 18.7. The Labute approximate surface area is 183 Å². The number of rotatable bonds is 8. The summed E-state index contributed by atoms with van der Waals surface area (Å²) in [6.07, 6.45) is 3.44. The molecular weight excluding hydrogens is 469 g/mol. The van der Waals surface area contributed by atoms with Gasteiger partial charge in [0.1, 0.15) is 6.26 Å². The van der Waals surface area contributed by atoms with Crippen LogP contribution in [0.1, 0.15) is 17.7 Å². The number of nitrogens with two attached hydrogens (primary N) is 1. The van der Waals surface area contributed by atoms with Crippen LogP contribution >= 0.6 is 24.0 Å². The number of aromatic nitrogens is 1. The maximum atomic E-state index is 5.93. The molecule has 0 radical (unpaired) electrons. The van der Waals surface area contributed by atoms with Crippen LogP contribution in [0.25, 0.3) is 11.5 Å². The lowest BCUT2D eigenvalue weighted by Gasteiger charge is -2.26. The number of oxazole rings is 1. The highest BCUT2D eigenvalue weighted by Gasteiger charge is 2.09. The van der Waals surface area contributed by atoms with E-state index in [2.05, 4.69) is 39.2 Å². The Balaban J connectivity index is 0.00000280. The first-order valence-corrected chi connectivity index (χ1v) is 9.56. The summed E-state index contributed by atoms with van der Waals surface area (Å²) in [6.45, 7) is 8.21. The number of nitrogens with zero attached hydrogens (tertiary/aromatic N) is 3. The first-order valence-electron chi connectivity index (χ1n) is 9.56. The van der Waals surface area contributed by atoms with Gasteiger partial charge in [-0.05, 0) is 25.5 Å². The molecule has 2 aromatic rings. The molecule has 1 fully saturated rings. The monoisotopic (exact) mass is 499 g/mol. The normalized spacial score (nSPS) is 15.2. The van der Waals surface area contributed by atoms with Gasteiger partial charge in [-0.3, -0.25) is 9.89 Å². The molecule has 7 nitrogen and oxygen atoms in total. The molecule has 2 heterocycles. The second-order valence-electron chi connectivity index (χ2n) is 6.76. The smallest absolute Gasteiger partial charge is 0.226 e. The van der Waals surface area contributed by atoms with E-state index >= 15 is 0 Å². The van der Waals surface area contributed by atoms with Crippen molar-refractivity contribution in [3.63, 3.8) is 0 Å². The van der Waals surface area contributed by atoms with Gasteiger partial charge in [-0.2, -0.15) is 0 Å². The molecule has 8 heteroatoms. The zero-order chi connectivity index (χ0) is 18.9. The Morgan fingerprint density at radius 1 is 1.25 bits per heavy atom. The number of guanidine groups is 1. The molecule has 0 bridgehead atoms. The molecule has 0 amide bonds. The van der Waals surface area contributed by atoms with Gasteiger partial charge in [0.15, 0.2) is 5.96 Å². The van der Waals surface area contributed by atoms with Gasteiger partial charge in [-0.25, -0.2) is 4.98 Å². The van der Waals surface area contributed by atoms with E-state index in [0.717, 1.165) is 63.5 Å². The molecule has 28 heavy (non-hydrogen) atoms. The second kappa shape index (κ2) is 12.0. The van der Waals surface area contributed by atoms with Crippen molar-refractivity contribution < 1.29 is 9.15 Å². The van der Waals surface area contributed by atoms with Gasteiger partial charge in [0.05, 0.1) is 18.9 Å². The third kappa shape index (κ3) is 7.40. The van der Waals surface area contributed by atoms with E-state index in [1.807, 2.05) is 12.1 Å². The third-order valence-electron chi connectivity index (χ3n) is 4.56. The van der Waals surface area contributed by atoms with Crippen molar-refractivity contribution in [2.24, 2.45) is 10.7 Å². The first kappa shape index (κ1) is 22.6. The van der Waals surface area contributed by atoms with Gasteiger partial charge in [0.25, 0.3) is 0 Å². The molecule has 0 saturated carbocycles. The number of nitrogens with one attached hydrogen (secondary N) is 1. The Morgan fingerprint density at radius 3 is 2.75 bits per heavy atom. The number of morpholine rings is 1. The number of benzene rings is 1. The quantitative estimate of drug-likeness (QED) is 0.251. The average Bonchev–Trinajstić information content (AvgIpc) is 3.15. The highest BCUT2D eigenvalue weighted by Crippen LogP contribution is 2.19. The maximum Gasteiger partial charge on any atom is 0.226 e. The summed E-state index contributed by atoms with van der Waals surface area (Å²) in [5.41, 5.74) is 9.03. The van der Waals surface area contributed by atoms with Gasteiger partial charge >= 0.3 is 0 Å². The van der Waals surface area contributed by atoms with Crippen molar-refractivity contribution in [3.05, 3.63) is 41.8 Å². The number of aryl methyl sites for hydroxylation is 1. The molecule has 0 unspecified atom stereocenters. The van der Waals surface area contributed by atoms with Crippen molar-refractivity contribution >= 4 is 29.9 Å². The lowest BCUT2D eigenvalue weighted by atomic mass is 10.1. The van der Waals surface area contributed by atoms with Gasteiger partial charge in [0, 0.05) is 44.7 Å². The zero-order valence-electron chi connectivity index (χ0n) is 16.4. The lowest BCUT2D eigenvalue weighted by molar-refractivity contribution is 0.0377. The van der Waals surface area contributed by atoms with Gasteiger partial charge in [0.2, 0.25) is 5.89 Å². The van der Waals surface area contributed by atoms with Gasteiger partial charge in [-0.15, -0.1) is 24.0 Å². The topological polar surface area (TPSA) is 88.9 Å². The van der Waals surface area contributed by atoms with Crippen LogP contribution in [-0.4, -0.2) is 61.8 Å². The summed E-state index contributed by atoms with van der Waals surface area (Å²) in [6, 6.07) is 8.14. The fraction of sp³-hybridized carbons (Fsp3) is 0.500. The van der Waals surface area contributed by atoms with Crippen LogP contribution in [0.3, 0.4) is 0 Å². The Kier molecular flexibility index (Phi) is 9.72. The predicted octanol–water partition coefficient (Wildman–Crippen LogP) is 2.44. The minimum Gasteiger partial charge on any atom is -0.444 e. The summed E-state index contributed by atoms with van der Waals surface area (Å²) in [4.78, 5) is 11.3. The van der Waals surface area contributed by atoms with E-state index in [9.17, 15) is 0 Å². The number of aliphatic imine (C=N–C) groups is 1. The van der Waals surface area contributed by atoms with Crippen LogP contribution in [0.15, 0.2) is 39.9 Å². The summed E-state index contributed by atoms with van der Waals surface area (Å²) in [5.74, 6) is 1.13. The largest absolute Gasteiger partial charge is 0.444 e. The molecule has 3 rings (SSSR count). The second-order valence-corrected chi connectivity index (χ2v) is 6.76. The molecule has 0 atom stereocenters. The number of hydrogen-bond donors (Lipinski definition) is 2. The molecule has 3 N–H and O–H groups in total. The summed E-state index contributed by atoms with van der Waals surface area (Å²) >= 11 is 0. The average molecular weight is 499 g/mol. The van der Waals surface area contributed by atoms with Crippen molar-refractivity contribution in [1.29, 1.82) is 0 Å². The molecule has 1 aliphatic rings. The van der Waals surface area contributed by atoms with Crippen LogP contribution in [0.4, 0.5) is 0 Å². The third-order valence-corrected chi connectivity index (χ3v) is 4.56. The summed E-state index contributed by atoms with van der Waals surface area (Å²) < 4.78 is 10.9.